The van der Waals surface area contributed by atoms with Crippen LogP contribution in [0.5, 0.6) is 0 Å². The zero-order chi connectivity index (χ0) is 13.2. The van der Waals surface area contributed by atoms with E-state index in [0.717, 1.165) is 10.9 Å². The molecule has 0 bridgehead atoms. The molecule has 5 nitrogen and oxygen atoms in total. The van der Waals surface area contributed by atoms with Crippen molar-refractivity contribution in [1.29, 1.82) is 0 Å². The van der Waals surface area contributed by atoms with Gasteiger partial charge in [-0.25, -0.2) is 0 Å². The summed E-state index contributed by atoms with van der Waals surface area (Å²) >= 11 is 0. The molecule has 0 aliphatic heterocycles. The maximum absolute atomic E-state index is 10.6. The largest absolute Gasteiger partial charge is 0.433 e. The van der Waals surface area contributed by atoms with E-state index >= 15 is 0 Å². The first-order valence-electron chi connectivity index (χ1n) is 5.84. The zero-order valence-corrected chi connectivity index (χ0v) is 12.1. The molecule has 1 aromatic carbocycles. The highest BCUT2D eigenvalue weighted by atomic mass is 79.9. The Labute approximate surface area is 125 Å². The summed E-state index contributed by atoms with van der Waals surface area (Å²) in [7, 11) is 0. The second-order valence-corrected chi connectivity index (χ2v) is 4.19. The van der Waals surface area contributed by atoms with Crippen molar-refractivity contribution in [3.05, 3.63) is 70.6 Å². The molecular weight excluding hydrogens is 324 g/mol. The van der Waals surface area contributed by atoms with E-state index in [1.54, 1.807) is 6.07 Å². The molecule has 0 saturated heterocycles. The van der Waals surface area contributed by atoms with Crippen molar-refractivity contribution in [3.63, 3.8) is 0 Å². The molecule has 3 aromatic rings. The summed E-state index contributed by atoms with van der Waals surface area (Å²) in [6, 6.07) is 14.9. The van der Waals surface area contributed by atoms with E-state index in [1.165, 1.54) is 6.07 Å². The quantitative estimate of drug-likeness (QED) is 0.419. The van der Waals surface area contributed by atoms with Gasteiger partial charge in [0.05, 0.1) is 6.07 Å². The molecule has 0 radical (unpaired) electrons. The maximum Gasteiger partial charge on any atom is 0.433 e. The van der Waals surface area contributed by atoms with E-state index in [-0.39, 0.29) is 22.9 Å². The molecule has 6 heteroatoms. The summed E-state index contributed by atoms with van der Waals surface area (Å²) in [5.41, 5.74) is 1.06. The summed E-state index contributed by atoms with van der Waals surface area (Å²) in [5, 5.41) is 11.7. The van der Waals surface area contributed by atoms with E-state index in [1.807, 2.05) is 47.2 Å². The number of fused-ring (bicyclic) bond motifs is 1. The predicted molar refractivity (Wildman–Crippen MR) is 78.9 cm³/mol. The lowest BCUT2D eigenvalue weighted by atomic mass is 10.2. The molecule has 0 N–H and O–H groups in total. The highest BCUT2D eigenvalue weighted by Gasteiger charge is 2.16. The van der Waals surface area contributed by atoms with Crippen molar-refractivity contribution in [3.8, 4) is 0 Å². The summed E-state index contributed by atoms with van der Waals surface area (Å²) in [5.74, 6) is 0.337. The summed E-state index contributed by atoms with van der Waals surface area (Å²) in [6.45, 7) is 0.467. The van der Waals surface area contributed by atoms with Gasteiger partial charge in [-0.05, 0) is 18.2 Å². The van der Waals surface area contributed by atoms with Crippen LogP contribution in [0.15, 0.2) is 59.1 Å². The Bertz CT molecular complexity index is 750. The SMILES string of the molecule is Br.O=[N+]([O-])c1ccc(C[n+]2cccc3ccccc32)o1. The molecule has 0 spiro atoms. The lowest BCUT2D eigenvalue weighted by molar-refractivity contribution is -0.664. The van der Waals surface area contributed by atoms with Crippen molar-refractivity contribution in [2.24, 2.45) is 0 Å². The first-order chi connectivity index (χ1) is 9.24. The second kappa shape index (κ2) is 5.83. The Hall–Kier alpha value is -2.21. The van der Waals surface area contributed by atoms with Crippen LogP contribution in [0, 0.1) is 10.1 Å². The molecule has 0 amide bonds. The lowest BCUT2D eigenvalue weighted by Gasteiger charge is -1.98. The Morgan fingerprint density at radius 2 is 1.85 bits per heavy atom. The van der Waals surface area contributed by atoms with Gasteiger partial charge in [0, 0.05) is 17.5 Å². The van der Waals surface area contributed by atoms with Crippen molar-refractivity contribution in [2.45, 2.75) is 6.54 Å². The Morgan fingerprint density at radius 3 is 2.60 bits per heavy atom. The van der Waals surface area contributed by atoms with Gasteiger partial charge in [-0.3, -0.25) is 10.1 Å². The van der Waals surface area contributed by atoms with Crippen molar-refractivity contribution in [1.82, 2.24) is 0 Å². The van der Waals surface area contributed by atoms with E-state index in [0.29, 0.717) is 12.3 Å². The maximum atomic E-state index is 10.6. The van der Waals surface area contributed by atoms with Crippen LogP contribution in [0.2, 0.25) is 0 Å². The molecule has 0 atom stereocenters. The van der Waals surface area contributed by atoms with E-state index in [2.05, 4.69) is 0 Å². The van der Waals surface area contributed by atoms with E-state index < -0.39 is 4.92 Å². The Kier molecular flexibility index (Phi) is 4.14. The lowest BCUT2D eigenvalue weighted by Crippen LogP contribution is -2.34. The van der Waals surface area contributed by atoms with Gasteiger partial charge in [0.1, 0.15) is 4.92 Å². The smallest absolute Gasteiger partial charge is 0.399 e. The normalized spacial score (nSPS) is 10.2. The Morgan fingerprint density at radius 1 is 1.10 bits per heavy atom. The van der Waals surface area contributed by atoms with Crippen LogP contribution in [0.4, 0.5) is 5.88 Å². The molecule has 0 aliphatic carbocycles. The highest BCUT2D eigenvalue weighted by Crippen LogP contribution is 2.16. The van der Waals surface area contributed by atoms with Crippen LogP contribution in [0.1, 0.15) is 5.76 Å². The summed E-state index contributed by atoms with van der Waals surface area (Å²) in [4.78, 5) is 10.1. The van der Waals surface area contributed by atoms with Gasteiger partial charge in [-0.1, -0.05) is 12.1 Å². The van der Waals surface area contributed by atoms with Crippen LogP contribution >= 0.6 is 17.0 Å². The highest BCUT2D eigenvalue weighted by molar-refractivity contribution is 8.93. The fraction of sp³-hybridized carbons (Fsp3) is 0.0714. The average Bonchev–Trinajstić information content (AvgIpc) is 2.88. The molecule has 0 unspecified atom stereocenters. The summed E-state index contributed by atoms with van der Waals surface area (Å²) < 4.78 is 7.18. The molecule has 0 aliphatic rings. The zero-order valence-electron chi connectivity index (χ0n) is 10.4. The number of nitro groups is 1. The molecular formula is C14H12BrN2O3+. The number of furan rings is 1. The minimum Gasteiger partial charge on any atom is -0.399 e. The molecule has 102 valence electrons. The number of hydrogen-bond donors (Lipinski definition) is 0. The van der Waals surface area contributed by atoms with Gasteiger partial charge in [-0.15, -0.1) is 17.0 Å². The fourth-order valence-corrected chi connectivity index (χ4v) is 2.08. The third kappa shape index (κ3) is 2.70. The van der Waals surface area contributed by atoms with Crippen molar-refractivity contribution >= 4 is 33.8 Å². The van der Waals surface area contributed by atoms with Crippen LogP contribution in [-0.4, -0.2) is 4.92 Å². The predicted octanol–water partition coefficient (Wildman–Crippen LogP) is 3.25. The third-order valence-electron chi connectivity index (χ3n) is 2.94. The number of pyridine rings is 1. The van der Waals surface area contributed by atoms with Gasteiger partial charge in [0.2, 0.25) is 12.1 Å². The number of nitrogens with zero attached hydrogens (tertiary/aromatic N) is 2. The molecule has 20 heavy (non-hydrogen) atoms. The fourth-order valence-electron chi connectivity index (χ4n) is 2.08. The number of rotatable bonds is 3. The van der Waals surface area contributed by atoms with Crippen LogP contribution in [0.3, 0.4) is 0 Å². The minimum absolute atomic E-state index is 0. The van der Waals surface area contributed by atoms with Crippen LogP contribution in [-0.2, 0) is 6.54 Å². The molecule has 2 heterocycles. The van der Waals surface area contributed by atoms with E-state index in [9.17, 15) is 10.1 Å². The molecule has 3 rings (SSSR count). The standard InChI is InChI=1S/C14H11N2O3.BrH/c17-16(18)14-8-7-12(19-14)10-15-9-3-5-11-4-1-2-6-13(11)15;/h1-9H,10H2;1H/q+1;. The van der Waals surface area contributed by atoms with Gasteiger partial charge in [0.15, 0.2) is 12.0 Å². The van der Waals surface area contributed by atoms with Gasteiger partial charge >= 0.3 is 5.88 Å². The number of aromatic nitrogens is 1. The molecule has 0 fully saturated rings. The first kappa shape index (κ1) is 14.2. The van der Waals surface area contributed by atoms with Gasteiger partial charge < -0.3 is 4.42 Å². The minimum atomic E-state index is -0.530. The average molecular weight is 336 g/mol. The molecule has 0 saturated carbocycles. The molecule has 2 aromatic heterocycles. The number of benzene rings is 1. The number of para-hydroxylation sites is 1. The second-order valence-electron chi connectivity index (χ2n) is 4.19. The van der Waals surface area contributed by atoms with Crippen molar-refractivity contribution in [2.75, 3.05) is 0 Å². The van der Waals surface area contributed by atoms with Crippen LogP contribution in [0.25, 0.3) is 10.9 Å². The monoisotopic (exact) mass is 335 g/mol. The van der Waals surface area contributed by atoms with Gasteiger partial charge in [0.25, 0.3) is 0 Å². The topological polar surface area (TPSA) is 60.2 Å². The van der Waals surface area contributed by atoms with Gasteiger partial charge in [-0.2, -0.15) is 4.57 Å². The first-order valence-corrected chi connectivity index (χ1v) is 5.84. The van der Waals surface area contributed by atoms with Crippen molar-refractivity contribution < 1.29 is 13.9 Å². The third-order valence-corrected chi connectivity index (χ3v) is 2.94. The van der Waals surface area contributed by atoms with E-state index in [4.69, 9.17) is 4.42 Å². The number of hydrogen-bond acceptors (Lipinski definition) is 3. The number of halogens is 1. The Balaban J connectivity index is 0.00000147. The van der Waals surface area contributed by atoms with Crippen LogP contribution < -0.4 is 4.57 Å². The summed E-state index contributed by atoms with van der Waals surface area (Å²) in [6.07, 6.45) is 1.93.